The molecule has 3 atom stereocenters. The molecule has 2 fully saturated rings. The Balaban J connectivity index is 1.50. The number of benzene rings is 4. The number of aryl methyl sites for hydroxylation is 2. The molecule has 2 saturated heterocycles. The fourth-order valence-electron chi connectivity index (χ4n) is 7.29. The molecule has 234 valence electrons. The molecule has 3 aliphatic heterocycles. The Morgan fingerprint density at radius 3 is 1.83 bits per heavy atom. The van der Waals surface area contributed by atoms with E-state index in [1.165, 1.54) is 0 Å². The lowest BCUT2D eigenvalue weighted by Gasteiger charge is -2.59. The van der Waals surface area contributed by atoms with Gasteiger partial charge in [-0.25, -0.2) is 0 Å². The summed E-state index contributed by atoms with van der Waals surface area (Å²) in [5.41, 5.74) is 5.88. The van der Waals surface area contributed by atoms with Crippen molar-refractivity contribution < 1.29 is 9.59 Å². The summed E-state index contributed by atoms with van der Waals surface area (Å²) in [7, 11) is 0. The van der Waals surface area contributed by atoms with Gasteiger partial charge in [0.05, 0.1) is 34.3 Å². The fourth-order valence-corrected chi connectivity index (χ4v) is 7.93. The molecular formula is C38H36Br2N4O2. The minimum absolute atomic E-state index is 0.0194. The summed E-state index contributed by atoms with van der Waals surface area (Å²) >= 11 is 7.31. The first-order chi connectivity index (χ1) is 21.8. The molecule has 46 heavy (non-hydrogen) atoms. The molecule has 2 amide bonds. The monoisotopic (exact) mass is 738 g/mol. The van der Waals surface area contributed by atoms with Gasteiger partial charge in [0.1, 0.15) is 6.17 Å². The maximum Gasteiger partial charge on any atom is 0.239 e. The quantitative estimate of drug-likeness (QED) is 0.196. The third-order valence-electron chi connectivity index (χ3n) is 9.76. The van der Waals surface area contributed by atoms with E-state index >= 15 is 0 Å². The number of nitrogens with zero attached hydrogens (tertiary/aromatic N) is 4. The van der Waals surface area contributed by atoms with Crippen molar-refractivity contribution in [2.45, 2.75) is 59.8 Å². The molecule has 8 heteroatoms. The van der Waals surface area contributed by atoms with Crippen LogP contribution in [0.15, 0.2) is 105 Å². The highest BCUT2D eigenvalue weighted by Crippen LogP contribution is 2.57. The third-order valence-corrected chi connectivity index (χ3v) is 10.8. The van der Waals surface area contributed by atoms with Crippen LogP contribution in [-0.2, 0) is 9.59 Å². The number of anilines is 3. The molecule has 3 aliphatic rings. The van der Waals surface area contributed by atoms with E-state index < -0.39 is 10.8 Å². The number of halogens is 2. The Bertz CT molecular complexity index is 1900. The molecule has 0 radical (unpaired) electrons. The maximum absolute atomic E-state index is 14.8. The molecule has 0 bridgehead atoms. The number of amides is 2. The van der Waals surface area contributed by atoms with Gasteiger partial charge < -0.3 is 9.80 Å². The zero-order valence-corrected chi connectivity index (χ0v) is 29.9. The number of fused-ring (bicyclic) bond motifs is 3. The molecular weight excluding hydrogens is 704 g/mol. The van der Waals surface area contributed by atoms with Crippen molar-refractivity contribution in [2.75, 3.05) is 14.7 Å². The predicted octanol–water partition coefficient (Wildman–Crippen LogP) is 9.30. The molecule has 0 saturated carbocycles. The zero-order chi connectivity index (χ0) is 32.7. The summed E-state index contributed by atoms with van der Waals surface area (Å²) in [4.78, 5) is 40.4. The topological polar surface area (TPSA) is 56.2 Å². The summed E-state index contributed by atoms with van der Waals surface area (Å²) in [6.45, 7) is 12.1. The van der Waals surface area contributed by atoms with E-state index in [1.807, 2.05) is 123 Å². The standard InChI is InChI=1S/C38H36Br2N4O2/c1-22-7-14-26(15-8-22)41-33-32-31(42(35(45)37(33,3)4)27-18-11-24(39)12-19-27)29-21-25(40)13-20-30(29)44(32)34-38(5,6)36(46)43(34)28-16-9-23(2)10-17-28/h7-21,31-32,34H,1-6H3. The van der Waals surface area contributed by atoms with Crippen LogP contribution in [0.2, 0.25) is 0 Å². The predicted molar refractivity (Wildman–Crippen MR) is 193 cm³/mol. The van der Waals surface area contributed by atoms with E-state index in [-0.39, 0.29) is 30.1 Å². The lowest BCUT2D eigenvalue weighted by atomic mass is 9.72. The Kier molecular flexibility index (Phi) is 7.33. The van der Waals surface area contributed by atoms with Crippen LogP contribution in [0, 0.1) is 24.7 Å². The first kappa shape index (κ1) is 30.9. The average Bonchev–Trinajstić information content (AvgIpc) is 3.32. The van der Waals surface area contributed by atoms with Gasteiger partial charge in [-0.2, -0.15) is 0 Å². The van der Waals surface area contributed by atoms with Gasteiger partial charge in [0.2, 0.25) is 11.8 Å². The summed E-state index contributed by atoms with van der Waals surface area (Å²) in [5.74, 6) is 0.0467. The van der Waals surface area contributed by atoms with Gasteiger partial charge >= 0.3 is 0 Å². The van der Waals surface area contributed by atoms with Crippen LogP contribution in [0.25, 0.3) is 0 Å². The summed E-state index contributed by atoms with van der Waals surface area (Å²) in [5, 5.41) is 0. The van der Waals surface area contributed by atoms with E-state index in [9.17, 15) is 9.59 Å². The largest absolute Gasteiger partial charge is 0.339 e. The van der Waals surface area contributed by atoms with Crippen LogP contribution >= 0.6 is 31.9 Å². The molecule has 4 aromatic rings. The van der Waals surface area contributed by atoms with E-state index in [4.69, 9.17) is 4.99 Å². The van der Waals surface area contributed by atoms with Crippen LogP contribution in [0.5, 0.6) is 0 Å². The lowest BCUT2D eigenvalue weighted by molar-refractivity contribution is -0.137. The van der Waals surface area contributed by atoms with Gasteiger partial charge in [0.15, 0.2) is 0 Å². The van der Waals surface area contributed by atoms with Crippen molar-refractivity contribution in [1.82, 2.24) is 0 Å². The number of hydrogen-bond donors (Lipinski definition) is 0. The average molecular weight is 741 g/mol. The SMILES string of the molecule is Cc1ccc(N=C2C3C(c4cc(Br)ccc4N3C3N(c4ccc(C)cc4)C(=O)C3(C)C)N(c3ccc(Br)cc3)C(=O)C2(C)C)cc1. The van der Waals surface area contributed by atoms with Crippen LogP contribution in [0.1, 0.15) is 50.4 Å². The molecule has 0 aliphatic carbocycles. The highest BCUT2D eigenvalue weighted by molar-refractivity contribution is 9.10. The number of β-lactam (4-membered cyclic amide) rings is 1. The Morgan fingerprint density at radius 1 is 0.652 bits per heavy atom. The molecule has 4 aromatic carbocycles. The Hall–Kier alpha value is -3.75. The molecule has 3 heterocycles. The van der Waals surface area contributed by atoms with Crippen molar-refractivity contribution in [2.24, 2.45) is 15.8 Å². The second-order valence-corrected chi connectivity index (χ2v) is 15.5. The number of rotatable bonds is 4. The minimum Gasteiger partial charge on any atom is -0.339 e. The minimum atomic E-state index is -0.955. The molecule has 0 N–H and O–H groups in total. The first-order valence-corrected chi connectivity index (χ1v) is 17.1. The fraction of sp³-hybridized carbons (Fsp3) is 0.289. The smallest absolute Gasteiger partial charge is 0.239 e. The molecule has 3 unspecified atom stereocenters. The van der Waals surface area contributed by atoms with Crippen molar-refractivity contribution in [3.05, 3.63) is 117 Å². The normalized spacial score (nSPS) is 23.8. The zero-order valence-electron chi connectivity index (χ0n) is 26.8. The number of carbonyl (C=O) groups is 2. The number of aliphatic imine (C=N–C) groups is 1. The van der Waals surface area contributed by atoms with E-state index in [1.54, 1.807) is 0 Å². The Labute approximate surface area is 287 Å². The van der Waals surface area contributed by atoms with Crippen molar-refractivity contribution >= 4 is 72.1 Å². The summed E-state index contributed by atoms with van der Waals surface area (Å²) < 4.78 is 1.87. The van der Waals surface area contributed by atoms with Crippen LogP contribution < -0.4 is 14.7 Å². The van der Waals surface area contributed by atoms with Gasteiger partial charge in [-0.15, -0.1) is 0 Å². The third kappa shape index (κ3) is 4.67. The van der Waals surface area contributed by atoms with E-state index in [0.717, 1.165) is 54.1 Å². The highest BCUT2D eigenvalue weighted by atomic mass is 79.9. The second kappa shape index (κ2) is 10.9. The first-order valence-electron chi connectivity index (χ1n) is 15.5. The molecule has 0 aromatic heterocycles. The molecule has 6 nitrogen and oxygen atoms in total. The summed E-state index contributed by atoms with van der Waals surface area (Å²) in [6, 6.07) is 29.7. The number of carbonyl (C=O) groups excluding carboxylic acids is 2. The maximum atomic E-state index is 14.8. The molecule has 7 rings (SSSR count). The van der Waals surface area contributed by atoms with Crippen molar-refractivity contribution in [3.8, 4) is 0 Å². The van der Waals surface area contributed by atoms with Crippen molar-refractivity contribution in [1.29, 1.82) is 0 Å². The second-order valence-electron chi connectivity index (χ2n) is 13.7. The highest BCUT2D eigenvalue weighted by Gasteiger charge is 2.65. The van der Waals surface area contributed by atoms with E-state index in [2.05, 4.69) is 55.8 Å². The summed E-state index contributed by atoms with van der Waals surface area (Å²) in [6.07, 6.45) is -0.323. The van der Waals surface area contributed by atoms with Crippen LogP contribution in [-0.4, -0.2) is 29.7 Å². The van der Waals surface area contributed by atoms with Gasteiger partial charge in [-0.1, -0.05) is 67.3 Å². The van der Waals surface area contributed by atoms with Gasteiger partial charge in [-0.05, 0) is 108 Å². The number of piperidine rings is 1. The van der Waals surface area contributed by atoms with Crippen LogP contribution in [0.3, 0.4) is 0 Å². The van der Waals surface area contributed by atoms with Gasteiger partial charge in [-0.3, -0.25) is 19.5 Å². The Morgan fingerprint density at radius 2 is 1.20 bits per heavy atom. The van der Waals surface area contributed by atoms with E-state index in [0.29, 0.717) is 0 Å². The van der Waals surface area contributed by atoms with Crippen molar-refractivity contribution in [3.63, 3.8) is 0 Å². The number of hydrogen-bond acceptors (Lipinski definition) is 4. The molecule has 0 spiro atoms. The van der Waals surface area contributed by atoms with Crippen LogP contribution in [0.4, 0.5) is 22.7 Å². The lowest BCUT2D eigenvalue weighted by Crippen LogP contribution is -2.76. The van der Waals surface area contributed by atoms with Gasteiger partial charge in [0, 0.05) is 31.6 Å². The van der Waals surface area contributed by atoms with Gasteiger partial charge in [0.25, 0.3) is 0 Å².